The van der Waals surface area contributed by atoms with Crippen LogP contribution in [-0.4, -0.2) is 5.16 Å². The quantitative estimate of drug-likeness (QED) is 0.429. The van der Waals surface area contributed by atoms with Gasteiger partial charge in [-0.2, -0.15) is 4.99 Å². The van der Waals surface area contributed by atoms with Crippen LogP contribution >= 0.6 is 12.2 Å². The summed E-state index contributed by atoms with van der Waals surface area (Å²) in [6.45, 7) is 1.95. The highest BCUT2D eigenvalue weighted by Gasteiger charge is 2.09. The third-order valence-electron chi connectivity index (χ3n) is 2.54. The number of isothiocyanates is 1. The van der Waals surface area contributed by atoms with Gasteiger partial charge >= 0.3 is 0 Å². The van der Waals surface area contributed by atoms with Crippen LogP contribution in [0.1, 0.15) is 16.7 Å². The highest BCUT2D eigenvalue weighted by molar-refractivity contribution is 7.78. The number of benzene rings is 2. The third-order valence-corrected chi connectivity index (χ3v) is 2.63. The molecule has 0 aliphatic carbocycles. The van der Waals surface area contributed by atoms with Crippen LogP contribution in [0.4, 0.5) is 14.5 Å². The Morgan fingerprint density at radius 3 is 2.25 bits per heavy atom. The lowest BCUT2D eigenvalue weighted by Gasteiger charge is -1.98. The zero-order valence-corrected chi connectivity index (χ0v) is 11.4. The molecule has 4 heteroatoms. The van der Waals surface area contributed by atoms with E-state index in [0.29, 0.717) is 0 Å². The number of aryl methyl sites for hydroxylation is 1. The van der Waals surface area contributed by atoms with Crippen LogP contribution in [-0.2, 0) is 0 Å². The van der Waals surface area contributed by atoms with Crippen molar-refractivity contribution in [1.82, 2.24) is 0 Å². The largest absolute Gasteiger partial charge is 0.204 e. The first-order valence-corrected chi connectivity index (χ1v) is 6.16. The Bertz CT molecular complexity index is 743. The molecule has 0 heterocycles. The molecule has 98 valence electrons. The van der Waals surface area contributed by atoms with Gasteiger partial charge in [-0.1, -0.05) is 24.0 Å². The number of halogens is 2. The van der Waals surface area contributed by atoms with Gasteiger partial charge in [0.2, 0.25) is 0 Å². The van der Waals surface area contributed by atoms with Crippen LogP contribution in [0.25, 0.3) is 0 Å². The lowest BCUT2D eigenvalue weighted by Crippen LogP contribution is -1.86. The van der Waals surface area contributed by atoms with Crippen molar-refractivity contribution in [1.29, 1.82) is 0 Å². The van der Waals surface area contributed by atoms with Crippen molar-refractivity contribution in [3.05, 3.63) is 64.7 Å². The van der Waals surface area contributed by atoms with Crippen LogP contribution < -0.4 is 0 Å². The summed E-state index contributed by atoms with van der Waals surface area (Å²) in [5.74, 6) is 3.96. The van der Waals surface area contributed by atoms with Gasteiger partial charge in [-0.25, -0.2) is 8.78 Å². The average molecular weight is 285 g/mol. The SMILES string of the molecule is Cc1cccc(C#Cc2cc(F)c(N=C=S)c(F)c2)c1. The van der Waals surface area contributed by atoms with Crippen molar-refractivity contribution in [2.24, 2.45) is 4.99 Å². The summed E-state index contributed by atoms with van der Waals surface area (Å²) < 4.78 is 27.2. The Labute approximate surface area is 121 Å². The van der Waals surface area contributed by atoms with Gasteiger partial charge in [0.05, 0.1) is 5.16 Å². The van der Waals surface area contributed by atoms with Crippen molar-refractivity contribution >= 4 is 23.1 Å². The molecule has 0 atom stereocenters. The van der Waals surface area contributed by atoms with Gasteiger partial charge < -0.3 is 0 Å². The number of hydrogen-bond donors (Lipinski definition) is 0. The van der Waals surface area contributed by atoms with E-state index in [2.05, 4.69) is 29.1 Å². The van der Waals surface area contributed by atoms with Gasteiger partial charge in [-0.15, -0.1) is 0 Å². The summed E-state index contributed by atoms with van der Waals surface area (Å²) in [6.07, 6.45) is 0. The number of rotatable bonds is 1. The van der Waals surface area contributed by atoms with Crippen LogP contribution in [0.3, 0.4) is 0 Å². The number of thiocarbonyl (C=S) groups is 1. The number of hydrogen-bond acceptors (Lipinski definition) is 2. The monoisotopic (exact) mass is 285 g/mol. The molecule has 2 aromatic carbocycles. The molecule has 0 saturated carbocycles. The lowest BCUT2D eigenvalue weighted by molar-refractivity contribution is 0.587. The minimum Gasteiger partial charge on any atom is -0.204 e. The van der Waals surface area contributed by atoms with E-state index in [0.717, 1.165) is 23.3 Å². The molecular formula is C16H9F2NS. The Morgan fingerprint density at radius 2 is 1.65 bits per heavy atom. The highest BCUT2D eigenvalue weighted by Crippen LogP contribution is 2.23. The van der Waals surface area contributed by atoms with E-state index in [1.165, 1.54) is 0 Å². The molecule has 20 heavy (non-hydrogen) atoms. The molecule has 0 radical (unpaired) electrons. The molecule has 0 saturated heterocycles. The lowest BCUT2D eigenvalue weighted by atomic mass is 10.1. The first-order valence-electron chi connectivity index (χ1n) is 5.76. The number of aliphatic imine (C=N–C) groups is 1. The standard InChI is InChI=1S/C16H9F2NS/c1-11-3-2-4-12(7-11)5-6-13-8-14(17)16(19-10-20)15(18)9-13/h2-4,7-9H,1H3. The van der Waals surface area contributed by atoms with E-state index < -0.39 is 17.3 Å². The minimum absolute atomic E-state index is 0.241. The summed E-state index contributed by atoms with van der Waals surface area (Å²) >= 11 is 4.34. The van der Waals surface area contributed by atoms with Crippen LogP contribution in [0.2, 0.25) is 0 Å². The smallest absolute Gasteiger partial charge is 0.153 e. The van der Waals surface area contributed by atoms with Crippen molar-refractivity contribution in [2.45, 2.75) is 6.92 Å². The first-order chi connectivity index (χ1) is 9.60. The topological polar surface area (TPSA) is 12.4 Å². The Kier molecular flexibility index (Phi) is 4.37. The normalized spacial score (nSPS) is 9.35. The maximum Gasteiger partial charge on any atom is 0.153 e. The predicted octanol–water partition coefficient (Wildman–Crippen LogP) is 4.41. The molecular weight excluding hydrogens is 276 g/mol. The predicted molar refractivity (Wildman–Crippen MR) is 78.2 cm³/mol. The molecule has 0 unspecified atom stereocenters. The summed E-state index contributed by atoms with van der Waals surface area (Å²) in [6, 6.07) is 9.79. The van der Waals surface area contributed by atoms with Crippen LogP contribution in [0, 0.1) is 30.4 Å². The van der Waals surface area contributed by atoms with E-state index in [-0.39, 0.29) is 5.56 Å². The second-order valence-electron chi connectivity index (χ2n) is 4.11. The van der Waals surface area contributed by atoms with E-state index in [9.17, 15) is 8.78 Å². The highest BCUT2D eigenvalue weighted by atomic mass is 32.1. The molecule has 0 fully saturated rings. The average Bonchev–Trinajstić information content (AvgIpc) is 2.41. The van der Waals surface area contributed by atoms with Gasteiger partial charge in [0.15, 0.2) is 11.6 Å². The molecule has 2 aromatic rings. The van der Waals surface area contributed by atoms with Crippen molar-refractivity contribution in [3.63, 3.8) is 0 Å². The Balaban J connectivity index is 2.39. The minimum atomic E-state index is -0.809. The van der Waals surface area contributed by atoms with Crippen molar-refractivity contribution in [3.8, 4) is 11.8 Å². The molecule has 1 nitrogen and oxygen atoms in total. The molecule has 0 N–H and O–H groups in total. The molecule has 0 aliphatic heterocycles. The molecule has 0 spiro atoms. The van der Waals surface area contributed by atoms with E-state index >= 15 is 0 Å². The maximum absolute atomic E-state index is 13.6. The van der Waals surface area contributed by atoms with Gasteiger partial charge in [0.25, 0.3) is 0 Å². The fourth-order valence-electron chi connectivity index (χ4n) is 1.66. The van der Waals surface area contributed by atoms with Crippen molar-refractivity contribution < 1.29 is 8.78 Å². The molecule has 0 aromatic heterocycles. The van der Waals surface area contributed by atoms with Crippen molar-refractivity contribution in [2.75, 3.05) is 0 Å². The molecule has 0 aliphatic rings. The fraction of sp³-hybridized carbons (Fsp3) is 0.0625. The molecule has 2 rings (SSSR count). The fourth-order valence-corrected chi connectivity index (χ4v) is 1.75. The van der Waals surface area contributed by atoms with E-state index in [1.54, 1.807) is 0 Å². The zero-order valence-electron chi connectivity index (χ0n) is 10.6. The summed E-state index contributed by atoms with van der Waals surface area (Å²) in [5, 5.41) is 1.94. The second-order valence-corrected chi connectivity index (χ2v) is 4.29. The Hall–Kier alpha value is -2.34. The Morgan fingerprint density at radius 1 is 1.00 bits per heavy atom. The second kappa shape index (κ2) is 6.21. The van der Waals surface area contributed by atoms with E-state index in [4.69, 9.17) is 0 Å². The van der Waals surface area contributed by atoms with Crippen LogP contribution in [0.15, 0.2) is 41.4 Å². The summed E-state index contributed by atoms with van der Waals surface area (Å²) in [5.41, 5.74) is 1.65. The van der Waals surface area contributed by atoms with Gasteiger partial charge in [-0.3, -0.25) is 0 Å². The van der Waals surface area contributed by atoms with E-state index in [1.807, 2.05) is 36.4 Å². The first kappa shape index (κ1) is 14.1. The zero-order chi connectivity index (χ0) is 14.5. The van der Waals surface area contributed by atoms with Crippen LogP contribution in [0.5, 0.6) is 0 Å². The van der Waals surface area contributed by atoms with Gasteiger partial charge in [0, 0.05) is 11.1 Å². The summed E-state index contributed by atoms with van der Waals surface area (Å²) in [4.78, 5) is 3.34. The third kappa shape index (κ3) is 3.36. The molecule has 0 bridgehead atoms. The summed E-state index contributed by atoms with van der Waals surface area (Å²) in [7, 11) is 0. The molecule has 0 amide bonds. The maximum atomic E-state index is 13.6. The number of nitrogens with zero attached hydrogens (tertiary/aromatic N) is 1. The van der Waals surface area contributed by atoms with Gasteiger partial charge in [0.1, 0.15) is 5.69 Å². The van der Waals surface area contributed by atoms with Gasteiger partial charge in [-0.05, 0) is 49.0 Å².